The van der Waals surface area contributed by atoms with Gasteiger partial charge in [0, 0.05) is 6.04 Å². The molecule has 0 aliphatic heterocycles. The van der Waals surface area contributed by atoms with Crippen molar-refractivity contribution in [2.24, 2.45) is 5.73 Å². The highest BCUT2D eigenvalue weighted by atomic mass is 14.6. The van der Waals surface area contributed by atoms with Crippen LogP contribution in [0.1, 0.15) is 41.9 Å². The standard InChI is InChI=1S/C13H19N/c1-9-5-10(2)7-12(6-9)11-3-4-13(14)8-11/h5-7,11,13H,3-4,8,14H2,1-2H3. The Morgan fingerprint density at radius 1 is 1.07 bits per heavy atom. The summed E-state index contributed by atoms with van der Waals surface area (Å²) in [5, 5.41) is 0. The Labute approximate surface area is 86.3 Å². The quantitative estimate of drug-likeness (QED) is 0.722. The normalized spacial score (nSPS) is 26.8. The summed E-state index contributed by atoms with van der Waals surface area (Å²) in [6, 6.07) is 7.30. The summed E-state index contributed by atoms with van der Waals surface area (Å²) in [6.45, 7) is 4.34. The van der Waals surface area contributed by atoms with Crippen LogP contribution in [0, 0.1) is 13.8 Å². The number of aryl methyl sites for hydroxylation is 2. The van der Waals surface area contributed by atoms with Gasteiger partial charge in [-0.15, -0.1) is 0 Å². The molecule has 2 rings (SSSR count). The SMILES string of the molecule is Cc1cc(C)cc(C2CCC(N)C2)c1. The third-order valence-electron chi connectivity index (χ3n) is 3.19. The van der Waals surface area contributed by atoms with E-state index in [0.717, 1.165) is 0 Å². The minimum atomic E-state index is 0.431. The highest BCUT2D eigenvalue weighted by Crippen LogP contribution is 2.34. The van der Waals surface area contributed by atoms with E-state index in [0.29, 0.717) is 12.0 Å². The zero-order chi connectivity index (χ0) is 10.1. The zero-order valence-corrected chi connectivity index (χ0v) is 9.09. The van der Waals surface area contributed by atoms with Crippen LogP contribution >= 0.6 is 0 Å². The molecule has 0 spiro atoms. The first kappa shape index (κ1) is 9.72. The lowest BCUT2D eigenvalue weighted by molar-refractivity contribution is 0.674. The van der Waals surface area contributed by atoms with E-state index in [1.807, 2.05) is 0 Å². The number of benzene rings is 1. The van der Waals surface area contributed by atoms with E-state index >= 15 is 0 Å². The predicted molar refractivity (Wildman–Crippen MR) is 60.5 cm³/mol. The van der Waals surface area contributed by atoms with Crippen LogP contribution in [0.15, 0.2) is 18.2 Å². The summed E-state index contributed by atoms with van der Waals surface area (Å²) in [4.78, 5) is 0. The molecule has 0 aromatic heterocycles. The molecule has 1 saturated carbocycles. The monoisotopic (exact) mass is 189 g/mol. The molecule has 1 heteroatoms. The maximum absolute atomic E-state index is 5.94. The summed E-state index contributed by atoms with van der Waals surface area (Å²) in [7, 11) is 0. The van der Waals surface area contributed by atoms with Gasteiger partial charge in [-0.1, -0.05) is 29.3 Å². The van der Waals surface area contributed by atoms with E-state index in [1.54, 1.807) is 0 Å². The molecule has 0 radical (unpaired) electrons. The molecule has 1 aromatic carbocycles. The molecular formula is C13H19N. The van der Waals surface area contributed by atoms with Crippen LogP contribution in [0.5, 0.6) is 0 Å². The minimum Gasteiger partial charge on any atom is -0.328 e. The van der Waals surface area contributed by atoms with Crippen molar-refractivity contribution < 1.29 is 0 Å². The molecule has 1 aliphatic carbocycles. The smallest absolute Gasteiger partial charge is 0.00448 e. The largest absolute Gasteiger partial charge is 0.328 e. The molecule has 2 atom stereocenters. The number of hydrogen-bond acceptors (Lipinski definition) is 1. The predicted octanol–water partition coefficient (Wildman–Crippen LogP) is 2.90. The number of nitrogens with two attached hydrogens (primary N) is 1. The maximum Gasteiger partial charge on any atom is 0.00448 e. The Hall–Kier alpha value is -0.820. The van der Waals surface area contributed by atoms with E-state index in [9.17, 15) is 0 Å². The highest BCUT2D eigenvalue weighted by Gasteiger charge is 2.23. The van der Waals surface area contributed by atoms with Crippen LogP contribution in [0.25, 0.3) is 0 Å². The minimum absolute atomic E-state index is 0.431. The average Bonchev–Trinajstić information content (AvgIpc) is 2.50. The molecule has 76 valence electrons. The molecule has 2 N–H and O–H groups in total. The molecule has 0 amide bonds. The van der Waals surface area contributed by atoms with Crippen LogP contribution in [-0.2, 0) is 0 Å². The topological polar surface area (TPSA) is 26.0 Å². The van der Waals surface area contributed by atoms with Gasteiger partial charge in [0.05, 0.1) is 0 Å². The van der Waals surface area contributed by atoms with Gasteiger partial charge in [-0.25, -0.2) is 0 Å². The Balaban J connectivity index is 2.23. The van der Waals surface area contributed by atoms with Gasteiger partial charge in [0.1, 0.15) is 0 Å². The average molecular weight is 189 g/mol. The van der Waals surface area contributed by atoms with Crippen molar-refractivity contribution in [3.8, 4) is 0 Å². The first-order chi connectivity index (χ1) is 6.65. The van der Waals surface area contributed by atoms with Crippen LogP contribution in [0.2, 0.25) is 0 Å². The molecule has 1 fully saturated rings. The summed E-state index contributed by atoms with van der Waals surface area (Å²) in [6.07, 6.45) is 3.63. The third kappa shape index (κ3) is 1.98. The lowest BCUT2D eigenvalue weighted by Crippen LogP contribution is -2.14. The van der Waals surface area contributed by atoms with Gasteiger partial charge in [0.15, 0.2) is 0 Å². The lowest BCUT2D eigenvalue weighted by Gasteiger charge is -2.11. The molecule has 1 aromatic rings. The molecule has 1 aliphatic rings. The van der Waals surface area contributed by atoms with Crippen molar-refractivity contribution in [3.05, 3.63) is 34.9 Å². The Morgan fingerprint density at radius 3 is 2.21 bits per heavy atom. The second-order valence-corrected chi connectivity index (χ2v) is 4.69. The fourth-order valence-electron chi connectivity index (χ4n) is 2.56. The van der Waals surface area contributed by atoms with E-state index in [2.05, 4.69) is 32.0 Å². The van der Waals surface area contributed by atoms with Crippen LogP contribution < -0.4 is 5.73 Å². The van der Waals surface area contributed by atoms with Gasteiger partial charge in [-0.2, -0.15) is 0 Å². The van der Waals surface area contributed by atoms with Crippen molar-refractivity contribution in [1.29, 1.82) is 0 Å². The maximum atomic E-state index is 5.94. The number of hydrogen-bond donors (Lipinski definition) is 1. The molecule has 1 nitrogen and oxygen atoms in total. The van der Waals surface area contributed by atoms with Crippen molar-refractivity contribution in [2.45, 2.75) is 45.1 Å². The van der Waals surface area contributed by atoms with Crippen molar-refractivity contribution >= 4 is 0 Å². The first-order valence-corrected chi connectivity index (χ1v) is 5.49. The fourth-order valence-corrected chi connectivity index (χ4v) is 2.56. The van der Waals surface area contributed by atoms with Gasteiger partial charge in [0.2, 0.25) is 0 Å². The van der Waals surface area contributed by atoms with Gasteiger partial charge in [-0.05, 0) is 44.6 Å². The van der Waals surface area contributed by atoms with Crippen molar-refractivity contribution in [3.63, 3.8) is 0 Å². The second kappa shape index (κ2) is 3.74. The van der Waals surface area contributed by atoms with Gasteiger partial charge in [-0.3, -0.25) is 0 Å². The van der Waals surface area contributed by atoms with E-state index in [4.69, 9.17) is 5.73 Å². The van der Waals surface area contributed by atoms with Gasteiger partial charge < -0.3 is 5.73 Å². The van der Waals surface area contributed by atoms with Crippen LogP contribution in [-0.4, -0.2) is 6.04 Å². The van der Waals surface area contributed by atoms with Crippen LogP contribution in [0.3, 0.4) is 0 Å². The Morgan fingerprint density at radius 2 is 1.71 bits per heavy atom. The zero-order valence-electron chi connectivity index (χ0n) is 9.09. The summed E-state index contributed by atoms with van der Waals surface area (Å²) < 4.78 is 0. The summed E-state index contributed by atoms with van der Waals surface area (Å²) >= 11 is 0. The third-order valence-corrected chi connectivity index (χ3v) is 3.19. The van der Waals surface area contributed by atoms with Crippen LogP contribution in [0.4, 0.5) is 0 Å². The molecule has 14 heavy (non-hydrogen) atoms. The van der Waals surface area contributed by atoms with Gasteiger partial charge >= 0.3 is 0 Å². The molecule has 0 bridgehead atoms. The molecule has 0 saturated heterocycles. The Kier molecular flexibility index (Phi) is 2.60. The lowest BCUT2D eigenvalue weighted by atomic mass is 9.94. The van der Waals surface area contributed by atoms with Crippen molar-refractivity contribution in [1.82, 2.24) is 0 Å². The fraction of sp³-hybridized carbons (Fsp3) is 0.538. The molecule has 2 unspecified atom stereocenters. The second-order valence-electron chi connectivity index (χ2n) is 4.69. The van der Waals surface area contributed by atoms with Crippen molar-refractivity contribution in [2.75, 3.05) is 0 Å². The Bertz CT molecular complexity index is 310. The highest BCUT2D eigenvalue weighted by molar-refractivity contribution is 5.31. The van der Waals surface area contributed by atoms with E-state index < -0.39 is 0 Å². The van der Waals surface area contributed by atoms with Gasteiger partial charge in [0.25, 0.3) is 0 Å². The summed E-state index contributed by atoms with van der Waals surface area (Å²) in [5.41, 5.74) is 10.2. The summed E-state index contributed by atoms with van der Waals surface area (Å²) in [5.74, 6) is 0.712. The molecule has 0 heterocycles. The first-order valence-electron chi connectivity index (χ1n) is 5.49. The van der Waals surface area contributed by atoms with E-state index in [-0.39, 0.29) is 0 Å². The van der Waals surface area contributed by atoms with E-state index in [1.165, 1.54) is 36.0 Å². The number of rotatable bonds is 1. The molecular weight excluding hydrogens is 170 g/mol.